The number of rotatable bonds is 3. The number of nitrogens with two attached hydrogens (primary N) is 2. The molecule has 0 aliphatic rings. The SMILES string of the molecule is C/C=C(/C=C(/C)N)CCN. The molecule has 4 N–H and O–H groups in total. The molecule has 2 heteroatoms. The fourth-order valence-corrected chi connectivity index (χ4v) is 0.759. The lowest BCUT2D eigenvalue weighted by molar-refractivity contribution is 0.967. The Morgan fingerprint density at radius 1 is 1.50 bits per heavy atom. The van der Waals surface area contributed by atoms with Crippen molar-refractivity contribution in [2.24, 2.45) is 11.5 Å². The second-order valence-electron chi connectivity index (χ2n) is 2.29. The summed E-state index contributed by atoms with van der Waals surface area (Å²) in [4.78, 5) is 0. The molecule has 0 spiro atoms. The molecule has 0 aromatic rings. The average molecular weight is 140 g/mol. The van der Waals surface area contributed by atoms with Crippen LogP contribution in [-0.4, -0.2) is 6.54 Å². The van der Waals surface area contributed by atoms with E-state index >= 15 is 0 Å². The second-order valence-corrected chi connectivity index (χ2v) is 2.29. The Labute approximate surface area is 62.6 Å². The molecule has 0 aromatic heterocycles. The van der Waals surface area contributed by atoms with Crippen molar-refractivity contribution in [2.75, 3.05) is 6.54 Å². The standard InChI is InChI=1S/C8H16N2/c1-3-8(4-5-9)6-7(2)10/h3,6H,4-5,9-10H2,1-2H3/b7-6-,8-3+. The van der Waals surface area contributed by atoms with Crippen LogP contribution in [0.4, 0.5) is 0 Å². The van der Waals surface area contributed by atoms with Crippen LogP contribution in [0.5, 0.6) is 0 Å². The van der Waals surface area contributed by atoms with E-state index in [9.17, 15) is 0 Å². The number of hydrogen-bond acceptors (Lipinski definition) is 2. The molecular formula is C8H16N2. The van der Waals surface area contributed by atoms with Gasteiger partial charge in [0.15, 0.2) is 0 Å². The number of allylic oxidation sites excluding steroid dienone is 3. The van der Waals surface area contributed by atoms with E-state index in [4.69, 9.17) is 11.5 Å². The summed E-state index contributed by atoms with van der Waals surface area (Å²) >= 11 is 0. The van der Waals surface area contributed by atoms with Crippen LogP contribution in [0.25, 0.3) is 0 Å². The van der Waals surface area contributed by atoms with Crippen LogP contribution in [0.15, 0.2) is 23.4 Å². The van der Waals surface area contributed by atoms with Gasteiger partial charge in [0.2, 0.25) is 0 Å². The van der Waals surface area contributed by atoms with Gasteiger partial charge < -0.3 is 11.5 Å². The van der Waals surface area contributed by atoms with Crippen molar-refractivity contribution in [1.82, 2.24) is 0 Å². The highest BCUT2D eigenvalue weighted by molar-refractivity contribution is 5.20. The van der Waals surface area contributed by atoms with Crippen LogP contribution in [0.1, 0.15) is 20.3 Å². The third-order valence-corrected chi connectivity index (χ3v) is 1.22. The van der Waals surface area contributed by atoms with Crippen molar-refractivity contribution in [3.05, 3.63) is 23.4 Å². The largest absolute Gasteiger partial charge is 0.402 e. The Kier molecular flexibility index (Phi) is 4.67. The summed E-state index contributed by atoms with van der Waals surface area (Å²) < 4.78 is 0. The first-order chi connectivity index (χ1) is 4.70. The fourth-order valence-electron chi connectivity index (χ4n) is 0.759. The van der Waals surface area contributed by atoms with Crippen molar-refractivity contribution in [3.63, 3.8) is 0 Å². The van der Waals surface area contributed by atoms with Gasteiger partial charge in [-0.1, -0.05) is 6.08 Å². The summed E-state index contributed by atoms with van der Waals surface area (Å²) in [5.41, 5.74) is 12.9. The van der Waals surface area contributed by atoms with Crippen LogP contribution in [-0.2, 0) is 0 Å². The molecule has 0 aliphatic heterocycles. The Hall–Kier alpha value is -0.760. The van der Waals surface area contributed by atoms with Gasteiger partial charge in [-0.25, -0.2) is 0 Å². The van der Waals surface area contributed by atoms with Gasteiger partial charge in [-0.2, -0.15) is 0 Å². The minimum Gasteiger partial charge on any atom is -0.402 e. The highest BCUT2D eigenvalue weighted by Gasteiger charge is 1.88. The highest BCUT2D eigenvalue weighted by atomic mass is 14.5. The Bertz CT molecular complexity index is 141. The molecule has 0 amide bonds. The molecule has 0 saturated carbocycles. The first-order valence-corrected chi connectivity index (χ1v) is 3.49. The summed E-state index contributed by atoms with van der Waals surface area (Å²) in [6.07, 6.45) is 4.89. The quantitative estimate of drug-likeness (QED) is 0.578. The van der Waals surface area contributed by atoms with Crippen molar-refractivity contribution in [3.8, 4) is 0 Å². The molecule has 0 saturated heterocycles. The van der Waals surface area contributed by atoms with Gasteiger partial charge in [0.25, 0.3) is 0 Å². The molecule has 0 fully saturated rings. The van der Waals surface area contributed by atoms with Crippen LogP contribution in [0, 0.1) is 0 Å². The monoisotopic (exact) mass is 140 g/mol. The summed E-state index contributed by atoms with van der Waals surface area (Å²) in [7, 11) is 0. The van der Waals surface area contributed by atoms with E-state index in [0.717, 1.165) is 12.1 Å². The average Bonchev–Trinajstić information content (AvgIpc) is 1.86. The van der Waals surface area contributed by atoms with Gasteiger partial charge >= 0.3 is 0 Å². The summed E-state index contributed by atoms with van der Waals surface area (Å²) in [6, 6.07) is 0. The van der Waals surface area contributed by atoms with E-state index in [1.807, 2.05) is 26.0 Å². The molecule has 0 heterocycles. The van der Waals surface area contributed by atoms with E-state index in [1.54, 1.807) is 0 Å². The predicted octanol–water partition coefficient (Wildman–Crippen LogP) is 1.14. The van der Waals surface area contributed by atoms with Crippen LogP contribution in [0.3, 0.4) is 0 Å². The van der Waals surface area contributed by atoms with Crippen LogP contribution in [0.2, 0.25) is 0 Å². The van der Waals surface area contributed by atoms with Crippen LogP contribution < -0.4 is 11.5 Å². The molecule has 0 bridgehead atoms. The van der Waals surface area contributed by atoms with Gasteiger partial charge in [0.05, 0.1) is 0 Å². The minimum absolute atomic E-state index is 0.684. The Morgan fingerprint density at radius 2 is 2.10 bits per heavy atom. The topological polar surface area (TPSA) is 52.0 Å². The van der Waals surface area contributed by atoms with E-state index in [1.165, 1.54) is 5.57 Å². The molecule has 0 rings (SSSR count). The van der Waals surface area contributed by atoms with Gasteiger partial charge in [-0.3, -0.25) is 0 Å². The lowest BCUT2D eigenvalue weighted by atomic mass is 10.1. The molecule has 0 aromatic carbocycles. The first-order valence-electron chi connectivity index (χ1n) is 3.49. The van der Waals surface area contributed by atoms with Crippen molar-refractivity contribution in [1.29, 1.82) is 0 Å². The Morgan fingerprint density at radius 3 is 2.40 bits per heavy atom. The molecule has 0 atom stereocenters. The maximum atomic E-state index is 5.48. The maximum Gasteiger partial charge on any atom is 0.00515 e. The molecule has 0 aliphatic carbocycles. The molecule has 10 heavy (non-hydrogen) atoms. The summed E-state index contributed by atoms with van der Waals surface area (Å²) in [5.74, 6) is 0. The zero-order chi connectivity index (χ0) is 7.98. The third kappa shape index (κ3) is 4.15. The predicted molar refractivity (Wildman–Crippen MR) is 45.4 cm³/mol. The molecule has 0 unspecified atom stereocenters. The van der Waals surface area contributed by atoms with Crippen molar-refractivity contribution in [2.45, 2.75) is 20.3 Å². The molecular weight excluding hydrogens is 124 g/mol. The van der Waals surface area contributed by atoms with E-state index < -0.39 is 0 Å². The Balaban J connectivity index is 3.98. The zero-order valence-corrected chi connectivity index (χ0v) is 6.72. The lowest BCUT2D eigenvalue weighted by Gasteiger charge is -1.98. The molecule has 2 nitrogen and oxygen atoms in total. The fraction of sp³-hybridized carbons (Fsp3) is 0.500. The minimum atomic E-state index is 0.684. The van der Waals surface area contributed by atoms with Gasteiger partial charge in [0, 0.05) is 5.70 Å². The molecule has 58 valence electrons. The zero-order valence-electron chi connectivity index (χ0n) is 6.72. The lowest BCUT2D eigenvalue weighted by Crippen LogP contribution is -2.00. The second kappa shape index (κ2) is 5.06. The van der Waals surface area contributed by atoms with E-state index in [2.05, 4.69) is 0 Å². The highest BCUT2D eigenvalue weighted by Crippen LogP contribution is 2.02. The van der Waals surface area contributed by atoms with Crippen molar-refractivity contribution >= 4 is 0 Å². The van der Waals surface area contributed by atoms with E-state index in [0.29, 0.717) is 6.54 Å². The third-order valence-electron chi connectivity index (χ3n) is 1.22. The first kappa shape index (κ1) is 9.24. The number of hydrogen-bond donors (Lipinski definition) is 2. The van der Waals surface area contributed by atoms with E-state index in [-0.39, 0.29) is 0 Å². The summed E-state index contributed by atoms with van der Waals surface area (Å²) in [5, 5.41) is 0. The maximum absolute atomic E-state index is 5.48. The van der Waals surface area contributed by atoms with Gasteiger partial charge in [-0.15, -0.1) is 0 Å². The normalized spacial score (nSPS) is 13.9. The van der Waals surface area contributed by atoms with Crippen LogP contribution >= 0.6 is 0 Å². The van der Waals surface area contributed by atoms with Crippen molar-refractivity contribution < 1.29 is 0 Å². The summed E-state index contributed by atoms with van der Waals surface area (Å²) in [6.45, 7) is 4.55. The van der Waals surface area contributed by atoms with Gasteiger partial charge in [-0.05, 0) is 38.5 Å². The van der Waals surface area contributed by atoms with Gasteiger partial charge in [0.1, 0.15) is 0 Å². The smallest absolute Gasteiger partial charge is 0.00515 e. The molecule has 0 radical (unpaired) electrons.